The Morgan fingerprint density at radius 2 is 1.14 bits per heavy atom. The van der Waals surface area contributed by atoms with Gasteiger partial charge in [0.1, 0.15) is 55.4 Å². The van der Waals surface area contributed by atoms with Crippen molar-refractivity contribution in [3.63, 3.8) is 0 Å². The van der Waals surface area contributed by atoms with E-state index in [9.17, 15) is 40.5 Å². The number of hydrogen-bond donors (Lipinski definition) is 7. The molecule has 2 aliphatic rings. The largest absolute Gasteiger partial charge is 0.463 e. The van der Waals surface area contributed by atoms with Gasteiger partial charge >= 0.3 is 5.97 Å². The van der Waals surface area contributed by atoms with Gasteiger partial charge in [0.15, 0.2) is 12.6 Å². The van der Waals surface area contributed by atoms with Gasteiger partial charge in [-0.1, -0.05) is 96.8 Å². The monoisotopic (exact) mass is 608 g/mol. The van der Waals surface area contributed by atoms with E-state index < -0.39 is 80.6 Å². The molecule has 0 bridgehead atoms. The summed E-state index contributed by atoms with van der Waals surface area (Å²) in [6.07, 6.45) is 2.58. The number of aliphatic hydroxyl groups excluding tert-OH is 7. The maximum Gasteiger partial charge on any atom is 0.305 e. The van der Waals surface area contributed by atoms with Gasteiger partial charge in [0, 0.05) is 6.42 Å². The van der Waals surface area contributed by atoms with E-state index >= 15 is 0 Å². The minimum absolute atomic E-state index is 0.205. The third kappa shape index (κ3) is 12.6. The molecule has 1 unspecified atom stereocenters. The van der Waals surface area contributed by atoms with Crippen molar-refractivity contribution in [3.05, 3.63) is 0 Å². The molecule has 7 N–H and O–H groups in total. The fraction of sp³-hybridized carbons (Fsp3) is 0.967. The van der Waals surface area contributed by atoms with Crippen molar-refractivity contribution >= 4 is 5.97 Å². The van der Waals surface area contributed by atoms with Crippen LogP contribution < -0.4 is 0 Å². The normalized spacial score (nSPS) is 33.5. The standard InChI is InChI=1S/C30H56O12/c1-2-3-4-5-6-7-8-9-10-11-12-13-14-15-16-17-22(32)39-19-21-23(33)24(34)27(37)30(41-21)42-28-20(18-31)40-29(38)26(36)25(28)35/h20-21,23-31,33-38H,2-19H2,1H3/t20-,21-,23+,24+,25-,26-,27-,28-,29?,30+/m1/s1. The number of hydrogen-bond acceptors (Lipinski definition) is 12. The van der Waals surface area contributed by atoms with Crippen LogP contribution >= 0.6 is 0 Å². The van der Waals surface area contributed by atoms with Gasteiger partial charge in [0.2, 0.25) is 0 Å². The van der Waals surface area contributed by atoms with Crippen LogP contribution in [0.2, 0.25) is 0 Å². The zero-order chi connectivity index (χ0) is 30.9. The number of ether oxygens (including phenoxy) is 4. The molecule has 0 aromatic rings. The zero-order valence-electron chi connectivity index (χ0n) is 25.2. The summed E-state index contributed by atoms with van der Waals surface area (Å²) in [6, 6.07) is 0. The second kappa shape index (κ2) is 20.9. The smallest absolute Gasteiger partial charge is 0.305 e. The lowest BCUT2D eigenvalue weighted by molar-refractivity contribution is -0.355. The lowest BCUT2D eigenvalue weighted by Gasteiger charge is -2.45. The third-order valence-corrected chi connectivity index (χ3v) is 8.19. The van der Waals surface area contributed by atoms with Gasteiger partial charge in [-0.15, -0.1) is 0 Å². The van der Waals surface area contributed by atoms with E-state index in [1.807, 2.05) is 0 Å². The summed E-state index contributed by atoms with van der Waals surface area (Å²) in [7, 11) is 0. The molecule has 0 radical (unpaired) electrons. The maximum absolute atomic E-state index is 12.2. The second-order valence-corrected chi connectivity index (χ2v) is 11.7. The quantitative estimate of drug-likeness (QED) is 0.0732. The number of carbonyl (C=O) groups is 1. The van der Waals surface area contributed by atoms with Crippen LogP contribution in [-0.4, -0.2) is 116 Å². The number of esters is 1. The van der Waals surface area contributed by atoms with Crippen molar-refractivity contribution in [3.8, 4) is 0 Å². The van der Waals surface area contributed by atoms with Crippen molar-refractivity contribution in [1.82, 2.24) is 0 Å². The summed E-state index contributed by atoms with van der Waals surface area (Å²) in [5.41, 5.74) is 0. The van der Waals surface area contributed by atoms with Crippen LogP contribution in [0.15, 0.2) is 0 Å². The molecule has 10 atom stereocenters. The Balaban J connectivity index is 1.60. The van der Waals surface area contributed by atoms with Crippen LogP contribution in [0.25, 0.3) is 0 Å². The minimum Gasteiger partial charge on any atom is -0.463 e. The number of unbranched alkanes of at least 4 members (excludes halogenated alkanes) is 14. The highest BCUT2D eigenvalue weighted by atomic mass is 16.7. The molecule has 2 rings (SSSR count). The van der Waals surface area contributed by atoms with Crippen LogP contribution in [0.1, 0.15) is 110 Å². The number of rotatable bonds is 21. The van der Waals surface area contributed by atoms with Crippen molar-refractivity contribution in [2.75, 3.05) is 13.2 Å². The van der Waals surface area contributed by atoms with Gasteiger partial charge in [-0.05, 0) is 6.42 Å². The lowest BCUT2D eigenvalue weighted by Crippen LogP contribution is -2.64. The van der Waals surface area contributed by atoms with Gasteiger partial charge in [-0.25, -0.2) is 0 Å². The van der Waals surface area contributed by atoms with E-state index in [0.29, 0.717) is 6.42 Å². The van der Waals surface area contributed by atoms with Gasteiger partial charge in [0.05, 0.1) is 6.61 Å². The van der Waals surface area contributed by atoms with Gasteiger partial charge in [0.25, 0.3) is 0 Å². The third-order valence-electron chi connectivity index (χ3n) is 8.19. The summed E-state index contributed by atoms with van der Waals surface area (Å²) >= 11 is 0. The first-order valence-electron chi connectivity index (χ1n) is 16.0. The molecule has 42 heavy (non-hydrogen) atoms. The summed E-state index contributed by atoms with van der Waals surface area (Å²) in [5, 5.41) is 70.3. The van der Waals surface area contributed by atoms with Crippen molar-refractivity contribution in [1.29, 1.82) is 0 Å². The van der Waals surface area contributed by atoms with Crippen LogP contribution in [0.4, 0.5) is 0 Å². The Kier molecular flexibility index (Phi) is 18.6. The molecule has 2 saturated heterocycles. The van der Waals surface area contributed by atoms with Crippen molar-refractivity contribution in [2.24, 2.45) is 0 Å². The number of aliphatic hydroxyl groups is 7. The molecule has 0 saturated carbocycles. The molecule has 0 aromatic heterocycles. The summed E-state index contributed by atoms with van der Waals surface area (Å²) in [6.45, 7) is 1.14. The molecule has 248 valence electrons. The number of carbonyl (C=O) groups excluding carboxylic acids is 1. The van der Waals surface area contributed by atoms with E-state index in [0.717, 1.165) is 19.3 Å². The van der Waals surface area contributed by atoms with E-state index in [4.69, 9.17) is 18.9 Å². The van der Waals surface area contributed by atoms with Crippen LogP contribution in [0.5, 0.6) is 0 Å². The molecule has 2 aliphatic heterocycles. The van der Waals surface area contributed by atoms with Gasteiger partial charge in [-0.3, -0.25) is 4.79 Å². The highest BCUT2D eigenvalue weighted by Gasteiger charge is 2.50. The molecule has 0 amide bonds. The Bertz CT molecular complexity index is 710. The Labute approximate surface area is 249 Å². The predicted octanol–water partition coefficient (Wildman–Crippen LogP) is 1.42. The lowest BCUT2D eigenvalue weighted by atomic mass is 9.97. The fourth-order valence-electron chi connectivity index (χ4n) is 5.44. The predicted molar refractivity (Wildman–Crippen MR) is 152 cm³/mol. The van der Waals surface area contributed by atoms with Crippen LogP contribution in [0.3, 0.4) is 0 Å². The SMILES string of the molecule is CCCCCCCCCCCCCCCCCC(=O)OC[C@H]1O[C@@H](O[C@H]2[C@H](O)[C@@H](O)C(O)O[C@@H]2CO)[C@H](O)[C@@H](O)[C@H]1O. The van der Waals surface area contributed by atoms with E-state index in [2.05, 4.69) is 6.92 Å². The minimum atomic E-state index is -1.77. The summed E-state index contributed by atoms with van der Waals surface area (Å²) in [4.78, 5) is 12.2. The first-order valence-corrected chi connectivity index (χ1v) is 16.0. The topological polar surface area (TPSA) is 196 Å². The Morgan fingerprint density at radius 1 is 0.619 bits per heavy atom. The fourth-order valence-corrected chi connectivity index (χ4v) is 5.44. The first-order chi connectivity index (χ1) is 20.2. The van der Waals surface area contributed by atoms with Gasteiger partial charge < -0.3 is 54.7 Å². The molecule has 12 nitrogen and oxygen atoms in total. The maximum atomic E-state index is 12.2. The van der Waals surface area contributed by atoms with E-state index in [1.54, 1.807) is 0 Å². The zero-order valence-corrected chi connectivity index (χ0v) is 25.2. The van der Waals surface area contributed by atoms with Crippen molar-refractivity contribution < 1.29 is 59.5 Å². The van der Waals surface area contributed by atoms with Crippen molar-refractivity contribution in [2.45, 2.75) is 171 Å². The molecule has 2 heterocycles. The first kappa shape index (κ1) is 37.3. The molecule has 12 heteroatoms. The highest BCUT2D eigenvalue weighted by Crippen LogP contribution is 2.29. The van der Waals surface area contributed by atoms with Gasteiger partial charge in [-0.2, -0.15) is 0 Å². The van der Waals surface area contributed by atoms with Crippen LogP contribution in [0, 0.1) is 0 Å². The molecule has 0 spiro atoms. The second-order valence-electron chi connectivity index (χ2n) is 11.7. The van der Waals surface area contributed by atoms with Crippen LogP contribution in [-0.2, 0) is 23.7 Å². The van der Waals surface area contributed by atoms with E-state index in [1.165, 1.54) is 70.6 Å². The molecule has 2 fully saturated rings. The summed E-state index contributed by atoms with van der Waals surface area (Å²) in [5.74, 6) is -0.480. The molecular weight excluding hydrogens is 552 g/mol. The van der Waals surface area contributed by atoms with E-state index in [-0.39, 0.29) is 6.42 Å². The highest BCUT2D eigenvalue weighted by molar-refractivity contribution is 5.69. The average molecular weight is 609 g/mol. The average Bonchev–Trinajstić information content (AvgIpc) is 2.98. The summed E-state index contributed by atoms with van der Waals surface area (Å²) < 4.78 is 21.3. The molecule has 0 aromatic carbocycles. The molecular formula is C30H56O12. The Morgan fingerprint density at radius 3 is 1.67 bits per heavy atom. The Hall–Kier alpha value is -0.930. The molecule has 0 aliphatic carbocycles.